The summed E-state index contributed by atoms with van der Waals surface area (Å²) in [6.07, 6.45) is 0. The second kappa shape index (κ2) is 10.5. The first kappa shape index (κ1) is 29.0. The molecule has 0 saturated carbocycles. The second-order valence-electron chi connectivity index (χ2n) is 14.4. The van der Waals surface area contributed by atoms with E-state index in [0.717, 1.165) is 16.9 Å². The van der Waals surface area contributed by atoms with Crippen LogP contribution in [0, 0.1) is 0 Å². The summed E-state index contributed by atoms with van der Waals surface area (Å²) in [5.74, 6) is 1.72. The summed E-state index contributed by atoms with van der Waals surface area (Å²) in [5.41, 5.74) is 8.86. The standard InChI is InChI=1S/C43H40N2S/c1-25(2)35-23-28(43(5,6)7)24-36(26(3)4)39(35)45-38-18-11-10-17-37(38)44-42(45)34-16-12-15-31-33-22-21-30-29-14-9-8-13-27(29)19-20-32(30)40(33)46-41(31)34/h8-26H,1-7H3. The molecule has 0 unspecified atom stereocenters. The Morgan fingerprint density at radius 3 is 1.96 bits per heavy atom. The molecule has 2 heterocycles. The first-order valence-corrected chi connectivity index (χ1v) is 17.4. The Hall–Kier alpha value is -4.47. The fourth-order valence-corrected chi connectivity index (χ4v) is 8.54. The summed E-state index contributed by atoms with van der Waals surface area (Å²) in [6.45, 7) is 16.3. The summed E-state index contributed by atoms with van der Waals surface area (Å²) >= 11 is 1.91. The van der Waals surface area contributed by atoms with Crippen molar-refractivity contribution in [1.82, 2.24) is 9.55 Å². The van der Waals surface area contributed by atoms with Gasteiger partial charge in [0.15, 0.2) is 0 Å². The smallest absolute Gasteiger partial charge is 0.147 e. The third kappa shape index (κ3) is 4.40. The molecule has 6 aromatic carbocycles. The van der Waals surface area contributed by atoms with Crippen molar-refractivity contribution in [2.24, 2.45) is 0 Å². The maximum absolute atomic E-state index is 5.42. The number of thiophene rings is 1. The molecule has 2 aromatic heterocycles. The zero-order valence-corrected chi connectivity index (χ0v) is 28.6. The zero-order chi connectivity index (χ0) is 31.9. The van der Waals surface area contributed by atoms with Gasteiger partial charge in [0, 0.05) is 31.1 Å². The van der Waals surface area contributed by atoms with E-state index in [4.69, 9.17) is 4.98 Å². The van der Waals surface area contributed by atoms with Crippen molar-refractivity contribution in [2.45, 2.75) is 65.7 Å². The normalized spacial score (nSPS) is 12.6. The summed E-state index contributed by atoms with van der Waals surface area (Å²) in [6, 6.07) is 38.3. The van der Waals surface area contributed by atoms with Gasteiger partial charge in [-0.3, -0.25) is 4.57 Å². The molecule has 2 nitrogen and oxygen atoms in total. The van der Waals surface area contributed by atoms with Crippen molar-refractivity contribution in [2.75, 3.05) is 0 Å². The molecule has 0 aliphatic carbocycles. The van der Waals surface area contributed by atoms with Gasteiger partial charge in [-0.15, -0.1) is 11.3 Å². The molecule has 0 N–H and O–H groups in total. The minimum atomic E-state index is 0.0580. The van der Waals surface area contributed by atoms with E-state index in [9.17, 15) is 0 Å². The van der Waals surface area contributed by atoms with Crippen molar-refractivity contribution in [3.05, 3.63) is 120 Å². The van der Waals surface area contributed by atoms with E-state index in [-0.39, 0.29) is 5.41 Å². The lowest BCUT2D eigenvalue weighted by Crippen LogP contribution is -2.16. The van der Waals surface area contributed by atoms with Gasteiger partial charge in [-0.2, -0.15) is 0 Å². The summed E-state index contributed by atoms with van der Waals surface area (Å²) in [4.78, 5) is 5.42. The van der Waals surface area contributed by atoms with Gasteiger partial charge in [0.1, 0.15) is 5.82 Å². The van der Waals surface area contributed by atoms with E-state index in [0.29, 0.717) is 11.8 Å². The number of fused-ring (bicyclic) bond motifs is 8. The molecule has 0 saturated heterocycles. The van der Waals surface area contributed by atoms with Crippen LogP contribution in [0.2, 0.25) is 0 Å². The van der Waals surface area contributed by atoms with E-state index in [2.05, 4.69) is 156 Å². The number of imidazole rings is 1. The number of nitrogens with zero attached hydrogens (tertiary/aromatic N) is 2. The van der Waals surface area contributed by atoms with E-state index in [1.807, 2.05) is 11.3 Å². The van der Waals surface area contributed by atoms with E-state index in [1.54, 1.807) is 0 Å². The highest BCUT2D eigenvalue weighted by Crippen LogP contribution is 2.46. The Balaban J connectivity index is 1.48. The summed E-state index contributed by atoms with van der Waals surface area (Å²) in [5, 5.41) is 7.83. The fraction of sp³-hybridized carbons (Fsp3) is 0.233. The number of aromatic nitrogens is 2. The molecule has 0 aliphatic rings. The lowest BCUT2D eigenvalue weighted by Gasteiger charge is -2.28. The predicted octanol–water partition coefficient (Wildman–Crippen LogP) is 12.9. The van der Waals surface area contributed by atoms with Crippen LogP contribution in [0.3, 0.4) is 0 Å². The molecule has 3 heteroatoms. The Labute approximate surface area is 275 Å². The number of benzene rings is 6. The lowest BCUT2D eigenvalue weighted by atomic mass is 9.81. The quantitative estimate of drug-likeness (QED) is 0.180. The van der Waals surface area contributed by atoms with Crippen LogP contribution in [-0.4, -0.2) is 9.55 Å². The van der Waals surface area contributed by atoms with Crippen LogP contribution in [0.25, 0.3) is 69.8 Å². The number of hydrogen-bond donors (Lipinski definition) is 0. The largest absolute Gasteiger partial charge is 0.292 e. The van der Waals surface area contributed by atoms with Crippen molar-refractivity contribution >= 4 is 64.1 Å². The average molecular weight is 617 g/mol. The highest BCUT2D eigenvalue weighted by Gasteiger charge is 2.27. The molecule has 0 bridgehead atoms. The third-order valence-corrected chi connectivity index (χ3v) is 11.0. The average Bonchev–Trinajstić information content (AvgIpc) is 3.62. The second-order valence-corrected chi connectivity index (χ2v) is 15.5. The maximum atomic E-state index is 5.42. The Kier molecular flexibility index (Phi) is 6.63. The van der Waals surface area contributed by atoms with E-state index >= 15 is 0 Å². The summed E-state index contributed by atoms with van der Waals surface area (Å²) in [7, 11) is 0. The van der Waals surface area contributed by atoms with Gasteiger partial charge in [-0.25, -0.2) is 4.98 Å². The molecule has 8 rings (SSSR count). The highest BCUT2D eigenvalue weighted by molar-refractivity contribution is 7.27. The van der Waals surface area contributed by atoms with Crippen molar-refractivity contribution in [3.8, 4) is 17.1 Å². The van der Waals surface area contributed by atoms with Gasteiger partial charge >= 0.3 is 0 Å². The molecular formula is C43H40N2S. The molecule has 0 fully saturated rings. The van der Waals surface area contributed by atoms with Crippen molar-refractivity contribution < 1.29 is 0 Å². The minimum absolute atomic E-state index is 0.0580. The molecule has 46 heavy (non-hydrogen) atoms. The van der Waals surface area contributed by atoms with E-state index in [1.165, 1.54) is 69.7 Å². The SMILES string of the molecule is CC(C)c1cc(C(C)(C)C)cc(C(C)C)c1-n1c(-c2cccc3c2sc2c3ccc3c4ccccc4ccc32)nc2ccccc21. The van der Waals surface area contributed by atoms with Crippen LogP contribution in [0.1, 0.15) is 77.0 Å². The third-order valence-electron chi connectivity index (χ3n) is 9.69. The van der Waals surface area contributed by atoms with Gasteiger partial charge < -0.3 is 0 Å². The Morgan fingerprint density at radius 1 is 0.609 bits per heavy atom. The molecule has 8 aromatic rings. The van der Waals surface area contributed by atoms with Crippen LogP contribution in [-0.2, 0) is 5.41 Å². The first-order chi connectivity index (χ1) is 22.1. The minimum Gasteiger partial charge on any atom is -0.292 e. The summed E-state index contributed by atoms with van der Waals surface area (Å²) < 4.78 is 5.11. The van der Waals surface area contributed by atoms with Crippen LogP contribution >= 0.6 is 11.3 Å². The number of para-hydroxylation sites is 2. The maximum Gasteiger partial charge on any atom is 0.147 e. The molecule has 0 radical (unpaired) electrons. The van der Waals surface area contributed by atoms with Gasteiger partial charge in [-0.05, 0) is 68.3 Å². The van der Waals surface area contributed by atoms with Crippen LogP contribution in [0.5, 0.6) is 0 Å². The predicted molar refractivity (Wildman–Crippen MR) is 201 cm³/mol. The van der Waals surface area contributed by atoms with Crippen LogP contribution < -0.4 is 0 Å². The lowest BCUT2D eigenvalue weighted by molar-refractivity contribution is 0.586. The monoisotopic (exact) mass is 616 g/mol. The van der Waals surface area contributed by atoms with Crippen LogP contribution in [0.4, 0.5) is 0 Å². The van der Waals surface area contributed by atoms with Gasteiger partial charge in [-0.1, -0.05) is 133 Å². The number of rotatable bonds is 4. The first-order valence-electron chi connectivity index (χ1n) is 16.5. The molecule has 228 valence electrons. The van der Waals surface area contributed by atoms with Crippen LogP contribution in [0.15, 0.2) is 103 Å². The Morgan fingerprint density at radius 2 is 1.22 bits per heavy atom. The molecule has 0 spiro atoms. The molecule has 0 atom stereocenters. The topological polar surface area (TPSA) is 17.8 Å². The van der Waals surface area contributed by atoms with Gasteiger partial charge in [0.2, 0.25) is 0 Å². The van der Waals surface area contributed by atoms with E-state index < -0.39 is 0 Å². The van der Waals surface area contributed by atoms with Crippen molar-refractivity contribution in [3.63, 3.8) is 0 Å². The molecular weight excluding hydrogens is 577 g/mol. The van der Waals surface area contributed by atoms with Gasteiger partial charge in [0.05, 0.1) is 16.7 Å². The fourth-order valence-electron chi connectivity index (χ4n) is 7.20. The molecule has 0 aliphatic heterocycles. The number of hydrogen-bond acceptors (Lipinski definition) is 2. The Bertz CT molecular complexity index is 2430. The van der Waals surface area contributed by atoms with Gasteiger partial charge in [0.25, 0.3) is 0 Å². The zero-order valence-electron chi connectivity index (χ0n) is 27.8. The highest BCUT2D eigenvalue weighted by atomic mass is 32.1. The molecule has 0 amide bonds. The van der Waals surface area contributed by atoms with Crippen molar-refractivity contribution in [1.29, 1.82) is 0 Å².